The zero-order valence-electron chi connectivity index (χ0n) is 9.25. The van der Waals surface area contributed by atoms with Gasteiger partial charge in [0, 0.05) is 26.2 Å². The van der Waals surface area contributed by atoms with Crippen molar-refractivity contribution in [3.8, 4) is 0 Å². The second-order valence-electron chi connectivity index (χ2n) is 3.60. The summed E-state index contributed by atoms with van der Waals surface area (Å²) in [5.74, 6) is 0.239. The molecule has 0 aromatic rings. The van der Waals surface area contributed by atoms with Crippen molar-refractivity contribution < 1.29 is 4.79 Å². The predicted octanol–water partition coefficient (Wildman–Crippen LogP) is -0.240. The van der Waals surface area contributed by atoms with E-state index in [9.17, 15) is 4.79 Å². The van der Waals surface area contributed by atoms with E-state index in [0.29, 0.717) is 6.54 Å². The third-order valence-electron chi connectivity index (χ3n) is 2.70. The number of amides is 1. The van der Waals surface area contributed by atoms with Crippen LogP contribution in [0.4, 0.5) is 0 Å². The highest BCUT2D eigenvalue weighted by Gasteiger charge is 2.18. The van der Waals surface area contributed by atoms with Crippen LogP contribution in [0.2, 0.25) is 0 Å². The Morgan fingerprint density at radius 2 is 1.86 bits per heavy atom. The van der Waals surface area contributed by atoms with Gasteiger partial charge < -0.3 is 15.1 Å². The summed E-state index contributed by atoms with van der Waals surface area (Å²) < 4.78 is 0. The molecule has 1 aliphatic heterocycles. The molecule has 1 saturated heterocycles. The number of hydrogen-bond acceptors (Lipinski definition) is 3. The number of nitrogens with zero attached hydrogens (tertiary/aromatic N) is 2. The Morgan fingerprint density at radius 3 is 2.36 bits per heavy atom. The van der Waals surface area contributed by atoms with Crippen molar-refractivity contribution in [2.45, 2.75) is 13.8 Å². The quantitative estimate of drug-likeness (QED) is 0.679. The Hall–Kier alpha value is -0.610. The molecule has 0 bridgehead atoms. The minimum absolute atomic E-state index is 0.239. The first kappa shape index (κ1) is 11.5. The molecule has 0 aliphatic carbocycles. The second kappa shape index (κ2) is 5.98. The van der Waals surface area contributed by atoms with E-state index >= 15 is 0 Å². The van der Waals surface area contributed by atoms with Crippen molar-refractivity contribution in [2.24, 2.45) is 0 Å². The van der Waals surface area contributed by atoms with E-state index in [-0.39, 0.29) is 5.91 Å². The van der Waals surface area contributed by atoms with Crippen LogP contribution < -0.4 is 5.32 Å². The van der Waals surface area contributed by atoms with E-state index < -0.39 is 0 Å². The molecule has 1 aliphatic rings. The lowest BCUT2D eigenvalue weighted by atomic mass is 10.3. The molecular weight excluding hydrogens is 178 g/mol. The monoisotopic (exact) mass is 199 g/mol. The Balaban J connectivity index is 2.23. The predicted molar refractivity (Wildman–Crippen MR) is 57.2 cm³/mol. The van der Waals surface area contributed by atoms with Crippen LogP contribution in [0, 0.1) is 0 Å². The van der Waals surface area contributed by atoms with Crippen molar-refractivity contribution in [1.29, 1.82) is 0 Å². The van der Waals surface area contributed by atoms with Gasteiger partial charge in [-0.05, 0) is 13.1 Å². The zero-order chi connectivity index (χ0) is 10.4. The van der Waals surface area contributed by atoms with Crippen LogP contribution in [0.3, 0.4) is 0 Å². The topological polar surface area (TPSA) is 35.6 Å². The SMILES string of the molecule is CCNCC(=O)N1CCN(CC)CC1. The summed E-state index contributed by atoms with van der Waals surface area (Å²) in [6.45, 7) is 10.4. The maximum absolute atomic E-state index is 11.6. The highest BCUT2D eigenvalue weighted by Crippen LogP contribution is 2.00. The first-order chi connectivity index (χ1) is 6.77. The smallest absolute Gasteiger partial charge is 0.236 e. The molecule has 82 valence electrons. The fourth-order valence-electron chi connectivity index (χ4n) is 1.66. The minimum Gasteiger partial charge on any atom is -0.339 e. The van der Waals surface area contributed by atoms with Crippen LogP contribution >= 0.6 is 0 Å². The summed E-state index contributed by atoms with van der Waals surface area (Å²) in [5.41, 5.74) is 0. The van der Waals surface area contributed by atoms with Gasteiger partial charge in [0.25, 0.3) is 0 Å². The van der Waals surface area contributed by atoms with Gasteiger partial charge in [-0.2, -0.15) is 0 Å². The van der Waals surface area contributed by atoms with Crippen molar-refractivity contribution in [3.63, 3.8) is 0 Å². The summed E-state index contributed by atoms with van der Waals surface area (Å²) in [5, 5.41) is 3.07. The fourth-order valence-corrected chi connectivity index (χ4v) is 1.66. The molecule has 1 fully saturated rings. The Kier molecular flexibility index (Phi) is 4.90. The summed E-state index contributed by atoms with van der Waals surface area (Å²) in [6, 6.07) is 0. The molecule has 0 aromatic heterocycles. The Labute approximate surface area is 86.2 Å². The molecule has 1 amide bonds. The van der Waals surface area contributed by atoms with Gasteiger partial charge in [-0.25, -0.2) is 0 Å². The summed E-state index contributed by atoms with van der Waals surface area (Å²) >= 11 is 0. The number of carbonyl (C=O) groups is 1. The van der Waals surface area contributed by atoms with Gasteiger partial charge in [0.15, 0.2) is 0 Å². The molecular formula is C10H21N3O. The third-order valence-corrected chi connectivity index (χ3v) is 2.70. The third kappa shape index (κ3) is 3.27. The van der Waals surface area contributed by atoms with E-state index in [0.717, 1.165) is 39.3 Å². The van der Waals surface area contributed by atoms with Gasteiger partial charge in [-0.1, -0.05) is 13.8 Å². The number of carbonyl (C=O) groups excluding carboxylic acids is 1. The van der Waals surface area contributed by atoms with Crippen LogP contribution in [-0.4, -0.2) is 61.5 Å². The average Bonchev–Trinajstić information content (AvgIpc) is 2.26. The number of hydrogen-bond donors (Lipinski definition) is 1. The maximum atomic E-state index is 11.6. The van der Waals surface area contributed by atoms with Crippen LogP contribution in [0.1, 0.15) is 13.8 Å². The molecule has 0 unspecified atom stereocenters. The van der Waals surface area contributed by atoms with Crippen molar-refractivity contribution in [1.82, 2.24) is 15.1 Å². The van der Waals surface area contributed by atoms with Crippen molar-refractivity contribution in [3.05, 3.63) is 0 Å². The van der Waals surface area contributed by atoms with E-state index in [1.807, 2.05) is 11.8 Å². The van der Waals surface area contributed by atoms with E-state index in [4.69, 9.17) is 0 Å². The lowest BCUT2D eigenvalue weighted by Gasteiger charge is -2.34. The van der Waals surface area contributed by atoms with Crippen molar-refractivity contribution >= 4 is 5.91 Å². The molecule has 0 aromatic carbocycles. The first-order valence-electron chi connectivity index (χ1n) is 5.48. The van der Waals surface area contributed by atoms with E-state index in [2.05, 4.69) is 17.1 Å². The van der Waals surface area contributed by atoms with Gasteiger partial charge in [0.1, 0.15) is 0 Å². The van der Waals surface area contributed by atoms with Gasteiger partial charge in [0.05, 0.1) is 6.54 Å². The van der Waals surface area contributed by atoms with Gasteiger partial charge in [-0.15, -0.1) is 0 Å². The second-order valence-corrected chi connectivity index (χ2v) is 3.60. The lowest BCUT2D eigenvalue weighted by molar-refractivity contribution is -0.131. The maximum Gasteiger partial charge on any atom is 0.236 e. The van der Waals surface area contributed by atoms with Gasteiger partial charge in [-0.3, -0.25) is 4.79 Å². The highest BCUT2D eigenvalue weighted by molar-refractivity contribution is 5.78. The molecule has 1 N–H and O–H groups in total. The van der Waals surface area contributed by atoms with Gasteiger partial charge in [0.2, 0.25) is 5.91 Å². The molecule has 14 heavy (non-hydrogen) atoms. The molecule has 1 rings (SSSR count). The first-order valence-corrected chi connectivity index (χ1v) is 5.48. The number of rotatable bonds is 4. The molecule has 0 radical (unpaired) electrons. The van der Waals surface area contributed by atoms with Crippen LogP contribution in [0.25, 0.3) is 0 Å². The fraction of sp³-hybridized carbons (Fsp3) is 0.900. The van der Waals surface area contributed by atoms with Crippen LogP contribution in [0.5, 0.6) is 0 Å². The van der Waals surface area contributed by atoms with E-state index in [1.54, 1.807) is 0 Å². The summed E-state index contributed by atoms with van der Waals surface area (Å²) in [4.78, 5) is 15.9. The zero-order valence-corrected chi connectivity index (χ0v) is 9.25. The average molecular weight is 199 g/mol. The standard InChI is InChI=1S/C10H21N3O/c1-3-11-9-10(14)13-7-5-12(4-2)6-8-13/h11H,3-9H2,1-2H3. The van der Waals surface area contributed by atoms with Crippen LogP contribution in [0.15, 0.2) is 0 Å². The summed E-state index contributed by atoms with van der Waals surface area (Å²) in [6.07, 6.45) is 0. The molecule has 4 nitrogen and oxygen atoms in total. The minimum atomic E-state index is 0.239. The number of piperazine rings is 1. The normalized spacial score (nSPS) is 18.6. The number of nitrogens with one attached hydrogen (secondary N) is 1. The molecule has 0 atom stereocenters. The van der Waals surface area contributed by atoms with Crippen molar-refractivity contribution in [2.75, 3.05) is 45.8 Å². The Morgan fingerprint density at radius 1 is 1.21 bits per heavy atom. The largest absolute Gasteiger partial charge is 0.339 e. The highest BCUT2D eigenvalue weighted by atomic mass is 16.2. The Bertz CT molecular complexity index is 176. The molecule has 4 heteroatoms. The molecule has 1 heterocycles. The summed E-state index contributed by atoms with van der Waals surface area (Å²) in [7, 11) is 0. The number of likely N-dealkylation sites (N-methyl/N-ethyl adjacent to an activating group) is 2. The van der Waals surface area contributed by atoms with Crippen LogP contribution in [-0.2, 0) is 4.79 Å². The molecule has 0 saturated carbocycles. The van der Waals surface area contributed by atoms with Gasteiger partial charge >= 0.3 is 0 Å². The molecule has 0 spiro atoms. The van der Waals surface area contributed by atoms with E-state index in [1.165, 1.54) is 0 Å². The lowest BCUT2D eigenvalue weighted by Crippen LogP contribution is -2.50.